The number of alkyl halides is 3. The third-order valence-corrected chi connectivity index (χ3v) is 6.51. The van der Waals surface area contributed by atoms with Crippen LogP contribution in [-0.2, 0) is 28.9 Å². The Bertz CT molecular complexity index is 1230. The number of benzene rings is 2. The molecule has 1 heterocycles. The lowest BCUT2D eigenvalue weighted by Gasteiger charge is -2.27. The number of ether oxygens (including phenoxy) is 1. The third-order valence-electron chi connectivity index (χ3n) is 6.25. The molecule has 0 spiro atoms. The van der Waals surface area contributed by atoms with E-state index in [9.17, 15) is 22.8 Å². The van der Waals surface area contributed by atoms with E-state index < -0.39 is 11.7 Å². The lowest BCUT2D eigenvalue weighted by Crippen LogP contribution is -2.44. The second kappa shape index (κ2) is 14.1. The van der Waals surface area contributed by atoms with Crippen LogP contribution in [0.4, 0.5) is 13.2 Å². The van der Waals surface area contributed by atoms with Crippen molar-refractivity contribution in [2.75, 3.05) is 26.2 Å². The first-order chi connectivity index (χ1) is 18.6. The summed E-state index contributed by atoms with van der Waals surface area (Å²) in [6, 6.07) is 15.5. The fourth-order valence-corrected chi connectivity index (χ4v) is 4.16. The van der Waals surface area contributed by atoms with Crippen LogP contribution >= 0.6 is 11.6 Å². The van der Waals surface area contributed by atoms with E-state index in [0.29, 0.717) is 29.4 Å². The molecule has 0 aliphatic heterocycles. The average Bonchev–Trinajstić information content (AvgIpc) is 3.34. The zero-order chi connectivity index (χ0) is 28.4. The molecule has 0 aliphatic carbocycles. The van der Waals surface area contributed by atoms with Gasteiger partial charge in [-0.05, 0) is 67.4 Å². The molecule has 0 radical (unpaired) electrons. The molecule has 2 aromatic carbocycles. The van der Waals surface area contributed by atoms with Gasteiger partial charge in [-0.3, -0.25) is 9.59 Å². The molecule has 210 valence electrons. The molecule has 3 rings (SSSR count). The minimum Gasteiger partial charge on any atom is -0.484 e. The summed E-state index contributed by atoms with van der Waals surface area (Å²) in [7, 11) is 0. The van der Waals surface area contributed by atoms with Gasteiger partial charge in [-0.25, -0.2) is 0 Å². The van der Waals surface area contributed by atoms with E-state index in [1.54, 1.807) is 54.4 Å². The van der Waals surface area contributed by atoms with Crippen LogP contribution in [0.3, 0.4) is 0 Å². The summed E-state index contributed by atoms with van der Waals surface area (Å²) < 4.78 is 46.8. The number of hydrogen-bond donors (Lipinski definition) is 0. The van der Waals surface area contributed by atoms with Crippen molar-refractivity contribution < 1.29 is 27.5 Å². The maximum Gasteiger partial charge on any atom is 0.416 e. The summed E-state index contributed by atoms with van der Waals surface area (Å²) in [6.07, 6.45) is -0.977. The Morgan fingerprint density at radius 1 is 0.974 bits per heavy atom. The smallest absolute Gasteiger partial charge is 0.416 e. The lowest BCUT2D eigenvalue weighted by molar-refractivity contribution is -0.141. The maximum atomic E-state index is 13.3. The summed E-state index contributed by atoms with van der Waals surface area (Å²) in [5, 5.41) is 0.558. The van der Waals surface area contributed by atoms with Crippen LogP contribution in [0.25, 0.3) is 0 Å². The first-order valence-electron chi connectivity index (χ1n) is 12.8. The Balaban J connectivity index is 1.67. The van der Waals surface area contributed by atoms with E-state index in [1.807, 2.05) is 17.6 Å². The Morgan fingerprint density at radius 2 is 1.72 bits per heavy atom. The predicted octanol–water partition coefficient (Wildman–Crippen LogP) is 6.26. The Morgan fingerprint density at radius 3 is 2.38 bits per heavy atom. The number of carbonyl (C=O) groups excluding carboxylic acids is 2. The lowest BCUT2D eigenvalue weighted by atomic mass is 10.1. The predicted molar refractivity (Wildman–Crippen MR) is 145 cm³/mol. The molecule has 0 saturated carbocycles. The van der Waals surface area contributed by atoms with Gasteiger partial charge in [0, 0.05) is 36.5 Å². The van der Waals surface area contributed by atoms with Gasteiger partial charge in [0.05, 0.1) is 18.7 Å². The van der Waals surface area contributed by atoms with Gasteiger partial charge in [-0.1, -0.05) is 37.1 Å². The second-order valence-electron chi connectivity index (χ2n) is 9.14. The normalized spacial score (nSPS) is 11.3. The molecule has 2 amide bonds. The second-order valence-corrected chi connectivity index (χ2v) is 9.58. The molecule has 0 saturated heterocycles. The minimum atomic E-state index is -4.42. The highest BCUT2D eigenvalue weighted by molar-refractivity contribution is 6.30. The fourth-order valence-electron chi connectivity index (χ4n) is 4.03. The van der Waals surface area contributed by atoms with E-state index in [0.717, 1.165) is 30.7 Å². The molecule has 0 atom stereocenters. The minimum absolute atomic E-state index is 0.0998. The number of rotatable bonds is 13. The van der Waals surface area contributed by atoms with Crippen molar-refractivity contribution in [2.45, 2.75) is 46.0 Å². The number of unbranched alkanes of at least 4 members (excludes halogenated alkanes) is 1. The largest absolute Gasteiger partial charge is 0.484 e. The van der Waals surface area contributed by atoms with Gasteiger partial charge in [-0.15, -0.1) is 0 Å². The van der Waals surface area contributed by atoms with E-state index in [4.69, 9.17) is 16.3 Å². The molecule has 0 N–H and O–H groups in total. The highest BCUT2D eigenvalue weighted by Gasteiger charge is 2.30. The van der Waals surface area contributed by atoms with Crippen LogP contribution in [0.15, 0.2) is 66.9 Å². The van der Waals surface area contributed by atoms with Crippen molar-refractivity contribution in [3.05, 3.63) is 88.7 Å². The zero-order valence-corrected chi connectivity index (χ0v) is 22.8. The average molecular weight is 564 g/mol. The molecule has 0 bridgehead atoms. The molecular weight excluding hydrogens is 531 g/mol. The molecule has 10 heteroatoms. The van der Waals surface area contributed by atoms with Crippen molar-refractivity contribution in [3.8, 4) is 5.75 Å². The van der Waals surface area contributed by atoms with Gasteiger partial charge in [0.2, 0.25) is 5.91 Å². The molecule has 1 aromatic heterocycles. The van der Waals surface area contributed by atoms with Crippen LogP contribution in [0, 0.1) is 0 Å². The van der Waals surface area contributed by atoms with Gasteiger partial charge in [0.25, 0.3) is 5.91 Å². The SMILES string of the molecule is CCCCN(Cc1cccn1Cc1cccc(C(F)(F)F)c1)C(=O)CN(CC)C(=O)COc1ccc(Cl)cc1. The number of amides is 2. The van der Waals surface area contributed by atoms with Crippen molar-refractivity contribution in [1.29, 1.82) is 0 Å². The molecule has 0 fully saturated rings. The van der Waals surface area contributed by atoms with E-state index in [2.05, 4.69) is 0 Å². The highest BCUT2D eigenvalue weighted by atomic mass is 35.5. The van der Waals surface area contributed by atoms with Crippen molar-refractivity contribution in [1.82, 2.24) is 14.4 Å². The van der Waals surface area contributed by atoms with E-state index >= 15 is 0 Å². The van der Waals surface area contributed by atoms with Crippen LogP contribution in [0.2, 0.25) is 5.02 Å². The monoisotopic (exact) mass is 563 g/mol. The van der Waals surface area contributed by atoms with E-state index in [-0.39, 0.29) is 38.1 Å². The highest BCUT2D eigenvalue weighted by Crippen LogP contribution is 2.29. The first kappa shape index (κ1) is 30.1. The summed E-state index contributed by atoms with van der Waals surface area (Å²) >= 11 is 5.88. The molecule has 0 aliphatic rings. The number of nitrogens with zero attached hydrogens (tertiary/aromatic N) is 3. The quantitative estimate of drug-likeness (QED) is 0.246. The molecular formula is C29H33ClF3N3O3. The summed E-state index contributed by atoms with van der Waals surface area (Å²) in [4.78, 5) is 29.2. The maximum absolute atomic E-state index is 13.3. The van der Waals surface area contributed by atoms with Crippen molar-refractivity contribution in [3.63, 3.8) is 0 Å². The summed E-state index contributed by atoms with van der Waals surface area (Å²) in [5.41, 5.74) is 0.604. The van der Waals surface area contributed by atoms with Crippen LogP contribution in [0.1, 0.15) is 43.5 Å². The number of aromatic nitrogens is 1. The Hall–Kier alpha value is -3.46. The fraction of sp³-hybridized carbons (Fsp3) is 0.379. The van der Waals surface area contributed by atoms with Gasteiger partial charge in [-0.2, -0.15) is 13.2 Å². The van der Waals surface area contributed by atoms with E-state index in [1.165, 1.54) is 11.0 Å². The Kier molecular flexibility index (Phi) is 10.9. The first-order valence-corrected chi connectivity index (χ1v) is 13.2. The Labute approximate surface area is 231 Å². The number of hydrogen-bond acceptors (Lipinski definition) is 3. The van der Waals surface area contributed by atoms with Gasteiger partial charge < -0.3 is 19.1 Å². The van der Waals surface area contributed by atoms with Crippen molar-refractivity contribution in [2.24, 2.45) is 0 Å². The number of halogens is 4. The van der Waals surface area contributed by atoms with Gasteiger partial charge in [0.15, 0.2) is 6.61 Å². The molecule has 6 nitrogen and oxygen atoms in total. The topological polar surface area (TPSA) is 54.8 Å². The van der Waals surface area contributed by atoms with Crippen LogP contribution < -0.4 is 4.74 Å². The van der Waals surface area contributed by atoms with Gasteiger partial charge in [0.1, 0.15) is 5.75 Å². The molecule has 39 heavy (non-hydrogen) atoms. The standard InChI is InChI=1S/C29H33ClF3N3O3/c1-3-5-15-36(27(37)20-34(4-2)28(38)21-39-26-13-11-24(30)12-14-26)19-25-10-7-16-35(25)18-22-8-6-9-23(17-22)29(31,32)33/h6-14,16-17H,3-5,15,18-21H2,1-2H3. The van der Waals surface area contributed by atoms with Crippen molar-refractivity contribution >= 4 is 23.4 Å². The molecule has 3 aromatic rings. The van der Waals surface area contributed by atoms with Gasteiger partial charge >= 0.3 is 6.18 Å². The molecule has 0 unspecified atom stereocenters. The van der Waals surface area contributed by atoms with Crippen LogP contribution in [0.5, 0.6) is 5.75 Å². The summed E-state index contributed by atoms with van der Waals surface area (Å²) in [6.45, 7) is 4.86. The summed E-state index contributed by atoms with van der Waals surface area (Å²) in [5.74, 6) is -0.0256. The zero-order valence-electron chi connectivity index (χ0n) is 22.1. The number of carbonyl (C=O) groups is 2. The number of likely N-dealkylation sites (N-methyl/N-ethyl adjacent to an activating group) is 1. The third kappa shape index (κ3) is 9.06. The van der Waals surface area contributed by atoms with Crippen LogP contribution in [-0.4, -0.2) is 52.4 Å².